The van der Waals surface area contributed by atoms with Gasteiger partial charge in [0, 0.05) is 23.3 Å². The first-order valence-corrected chi connectivity index (χ1v) is 4.66. The van der Waals surface area contributed by atoms with Crippen LogP contribution in [-0.4, -0.2) is 5.75 Å². The van der Waals surface area contributed by atoms with Gasteiger partial charge in [-0.25, -0.2) is 0 Å². The largest absolute Gasteiger partial charge is 0.178 e. The van der Waals surface area contributed by atoms with Crippen LogP contribution in [0, 0.1) is 24.2 Å². The van der Waals surface area contributed by atoms with E-state index < -0.39 is 0 Å². The third-order valence-corrected chi connectivity index (χ3v) is 1.72. The van der Waals surface area contributed by atoms with Crippen LogP contribution < -0.4 is 0 Å². The highest BCUT2D eigenvalue weighted by Gasteiger charge is 1.87. The molecule has 0 radical (unpaired) electrons. The summed E-state index contributed by atoms with van der Waals surface area (Å²) >= 11 is 4.07. The third-order valence-electron chi connectivity index (χ3n) is 1.50. The van der Waals surface area contributed by atoms with Gasteiger partial charge >= 0.3 is 0 Å². The normalized spacial score (nSPS) is 8.31. The van der Waals surface area contributed by atoms with Crippen LogP contribution in [0.25, 0.3) is 0 Å². The molecule has 0 aromatic heterocycles. The summed E-state index contributed by atoms with van der Waals surface area (Å²) in [7, 11) is 0. The van der Waals surface area contributed by atoms with Crippen molar-refractivity contribution in [1.29, 1.82) is 0 Å². The van der Waals surface area contributed by atoms with Crippen LogP contribution in [0.15, 0.2) is 24.3 Å². The zero-order chi connectivity index (χ0) is 9.52. The Balaban J connectivity index is 2.81. The van der Waals surface area contributed by atoms with Crippen molar-refractivity contribution in [3.05, 3.63) is 35.4 Å². The van der Waals surface area contributed by atoms with Gasteiger partial charge in [-0.15, -0.1) is 6.42 Å². The second kappa shape index (κ2) is 5.36. The molecule has 0 aliphatic heterocycles. The molecule has 0 atom stereocenters. The van der Waals surface area contributed by atoms with Crippen LogP contribution in [0.4, 0.5) is 0 Å². The second-order valence-electron chi connectivity index (χ2n) is 2.50. The Bertz CT molecular complexity index is 374. The lowest BCUT2D eigenvalue weighted by Crippen LogP contribution is -1.77. The van der Waals surface area contributed by atoms with Gasteiger partial charge in [0.05, 0.1) is 0 Å². The molecule has 0 saturated heterocycles. The van der Waals surface area contributed by atoms with Gasteiger partial charge in [-0.2, -0.15) is 12.6 Å². The van der Waals surface area contributed by atoms with E-state index in [-0.39, 0.29) is 0 Å². The molecule has 0 saturated carbocycles. The van der Waals surface area contributed by atoms with Gasteiger partial charge in [-0.05, 0) is 18.2 Å². The zero-order valence-corrected chi connectivity index (χ0v) is 8.14. The van der Waals surface area contributed by atoms with Crippen molar-refractivity contribution in [2.24, 2.45) is 0 Å². The van der Waals surface area contributed by atoms with Gasteiger partial charge in [0.25, 0.3) is 0 Å². The van der Waals surface area contributed by atoms with Crippen LogP contribution in [0.5, 0.6) is 0 Å². The van der Waals surface area contributed by atoms with Crippen molar-refractivity contribution in [3.63, 3.8) is 0 Å². The Morgan fingerprint density at radius 1 is 1.31 bits per heavy atom. The topological polar surface area (TPSA) is 0 Å². The molecule has 0 spiro atoms. The third kappa shape index (κ3) is 3.28. The average molecular weight is 186 g/mol. The Morgan fingerprint density at radius 3 is 2.77 bits per heavy atom. The van der Waals surface area contributed by atoms with Gasteiger partial charge in [-0.1, -0.05) is 23.8 Å². The fraction of sp³-hybridized carbons (Fsp3) is 0.167. The van der Waals surface area contributed by atoms with Crippen LogP contribution in [0.2, 0.25) is 0 Å². The molecule has 1 rings (SSSR count). The number of terminal acetylenes is 1. The Hall–Kier alpha value is -1.31. The number of benzene rings is 1. The molecular formula is C12H10S. The monoisotopic (exact) mass is 186 g/mol. The van der Waals surface area contributed by atoms with Crippen molar-refractivity contribution in [1.82, 2.24) is 0 Å². The molecule has 0 aliphatic rings. The molecule has 0 N–H and O–H groups in total. The van der Waals surface area contributed by atoms with E-state index >= 15 is 0 Å². The van der Waals surface area contributed by atoms with Crippen molar-refractivity contribution in [3.8, 4) is 24.2 Å². The maximum Gasteiger partial charge on any atom is 0.0257 e. The lowest BCUT2D eigenvalue weighted by Gasteiger charge is -1.91. The van der Waals surface area contributed by atoms with Crippen molar-refractivity contribution in [2.45, 2.75) is 6.42 Å². The summed E-state index contributed by atoms with van der Waals surface area (Å²) in [6.45, 7) is 0. The molecule has 1 aromatic carbocycles. The van der Waals surface area contributed by atoms with E-state index in [0.29, 0.717) is 0 Å². The quantitative estimate of drug-likeness (QED) is 0.505. The van der Waals surface area contributed by atoms with Crippen molar-refractivity contribution in [2.75, 3.05) is 5.75 Å². The minimum atomic E-state index is 0.793. The summed E-state index contributed by atoms with van der Waals surface area (Å²) < 4.78 is 0. The molecule has 1 aromatic rings. The van der Waals surface area contributed by atoms with Gasteiger partial charge in [0.2, 0.25) is 0 Å². The van der Waals surface area contributed by atoms with E-state index in [1.54, 1.807) is 0 Å². The molecule has 0 aliphatic carbocycles. The second-order valence-corrected chi connectivity index (χ2v) is 2.95. The minimum absolute atomic E-state index is 0.793. The SMILES string of the molecule is C#Cc1cccc(C#CCCS)c1. The Morgan fingerprint density at radius 2 is 2.08 bits per heavy atom. The van der Waals surface area contributed by atoms with Crippen molar-refractivity contribution >= 4 is 12.6 Å². The number of rotatable bonds is 1. The van der Waals surface area contributed by atoms with Gasteiger partial charge in [-0.3, -0.25) is 0 Å². The molecule has 0 bridgehead atoms. The fourth-order valence-electron chi connectivity index (χ4n) is 0.907. The lowest BCUT2D eigenvalue weighted by atomic mass is 10.1. The molecule has 0 heterocycles. The molecule has 0 amide bonds. The first-order chi connectivity index (χ1) is 6.36. The lowest BCUT2D eigenvalue weighted by molar-refractivity contribution is 1.31. The van der Waals surface area contributed by atoms with Crippen LogP contribution in [0.1, 0.15) is 17.5 Å². The van der Waals surface area contributed by atoms with Gasteiger partial charge < -0.3 is 0 Å². The van der Waals surface area contributed by atoms with Crippen LogP contribution >= 0.6 is 12.6 Å². The summed E-state index contributed by atoms with van der Waals surface area (Å²) in [6, 6.07) is 7.67. The Labute approximate surface area is 84.8 Å². The molecule has 0 unspecified atom stereocenters. The van der Waals surface area contributed by atoms with E-state index in [0.717, 1.165) is 23.3 Å². The zero-order valence-electron chi connectivity index (χ0n) is 7.25. The first-order valence-electron chi connectivity index (χ1n) is 4.03. The van der Waals surface area contributed by atoms with Crippen molar-refractivity contribution < 1.29 is 0 Å². The predicted octanol–water partition coefficient (Wildman–Crippen LogP) is 2.34. The first kappa shape index (κ1) is 9.78. The molecule has 1 heteroatoms. The minimum Gasteiger partial charge on any atom is -0.178 e. The molecular weight excluding hydrogens is 176 g/mol. The summed E-state index contributed by atoms with van der Waals surface area (Å²) in [6.07, 6.45) is 6.07. The van der Waals surface area contributed by atoms with Crippen LogP contribution in [0.3, 0.4) is 0 Å². The van der Waals surface area contributed by atoms with Crippen LogP contribution in [-0.2, 0) is 0 Å². The maximum atomic E-state index is 5.26. The molecule has 13 heavy (non-hydrogen) atoms. The summed E-state index contributed by atoms with van der Waals surface area (Å²) in [4.78, 5) is 0. The summed E-state index contributed by atoms with van der Waals surface area (Å²) in [5, 5.41) is 0. The number of hydrogen-bond acceptors (Lipinski definition) is 1. The molecule has 0 nitrogen and oxygen atoms in total. The highest BCUT2D eigenvalue weighted by molar-refractivity contribution is 7.80. The highest BCUT2D eigenvalue weighted by atomic mass is 32.1. The predicted molar refractivity (Wildman–Crippen MR) is 59.7 cm³/mol. The summed E-state index contributed by atoms with van der Waals surface area (Å²) in [5.41, 5.74) is 1.84. The van der Waals surface area contributed by atoms with E-state index in [1.165, 1.54) is 0 Å². The fourth-order valence-corrected chi connectivity index (χ4v) is 1.02. The molecule has 64 valence electrons. The van der Waals surface area contributed by atoms with E-state index in [9.17, 15) is 0 Å². The standard InChI is InChI=1S/C12H10S/c1-2-11-7-5-8-12(10-11)6-3-4-9-13/h1,5,7-8,10,13H,4,9H2. The number of hydrogen-bond donors (Lipinski definition) is 1. The maximum absolute atomic E-state index is 5.26. The highest BCUT2D eigenvalue weighted by Crippen LogP contribution is 2.02. The smallest absolute Gasteiger partial charge is 0.0257 e. The molecule has 0 fully saturated rings. The van der Waals surface area contributed by atoms with E-state index in [4.69, 9.17) is 6.42 Å². The van der Waals surface area contributed by atoms with Gasteiger partial charge in [0.15, 0.2) is 0 Å². The summed E-state index contributed by atoms with van der Waals surface area (Å²) in [5.74, 6) is 9.40. The van der Waals surface area contributed by atoms with E-state index in [2.05, 4.69) is 30.4 Å². The van der Waals surface area contributed by atoms with Gasteiger partial charge in [0.1, 0.15) is 0 Å². The number of thiol groups is 1. The Kier molecular flexibility index (Phi) is 4.03. The van der Waals surface area contributed by atoms with E-state index in [1.807, 2.05) is 24.3 Å². The average Bonchev–Trinajstić information content (AvgIpc) is 2.19.